The lowest BCUT2D eigenvalue weighted by Gasteiger charge is -1.45. The Morgan fingerprint density at radius 2 is 2.00 bits per heavy atom. The maximum atomic E-state index is 6.74. The molecule has 5 heavy (non-hydrogen) atoms. The zero-order valence-corrected chi connectivity index (χ0v) is 6.00. The van der Waals surface area contributed by atoms with Gasteiger partial charge in [-0.2, -0.15) is 0 Å². The van der Waals surface area contributed by atoms with Crippen molar-refractivity contribution in [2.75, 3.05) is 0 Å². The van der Waals surface area contributed by atoms with E-state index in [2.05, 4.69) is 0 Å². The SMILES string of the molecule is [3H][Si]([3H])(C)C.[3H][Si]([3H])([3H])C. The summed E-state index contributed by atoms with van der Waals surface area (Å²) >= 11 is 0. The lowest BCUT2D eigenvalue weighted by molar-refractivity contribution is 2.14. The molecule has 0 atom stereocenters. The molecule has 0 radical (unpaired) electrons. The van der Waals surface area contributed by atoms with Crippen LogP contribution in [0, 0.1) is 0 Å². The minimum Gasteiger partial charge on any atom is -0.0777 e. The first-order valence-corrected chi connectivity index (χ1v) is 4.50. The molecule has 0 spiro atoms. The summed E-state index contributed by atoms with van der Waals surface area (Å²) in [7, 11) is -4.97. The summed E-state index contributed by atoms with van der Waals surface area (Å²) < 4.78 is 32.7. The van der Waals surface area contributed by atoms with E-state index in [-0.39, 0.29) is 0 Å². The second-order valence-corrected chi connectivity index (χ2v) is 1.50. The molecule has 0 aliphatic carbocycles. The minimum atomic E-state index is -2.86. The molecule has 0 saturated heterocycles. The highest BCUT2D eigenvalue weighted by molar-refractivity contribution is 6.31. The zero-order chi connectivity index (χ0) is 9.00. The summed E-state index contributed by atoms with van der Waals surface area (Å²) in [5, 5.41) is 0. The van der Waals surface area contributed by atoms with Crippen molar-refractivity contribution in [1.82, 2.24) is 0 Å². The fourth-order valence-electron chi connectivity index (χ4n) is 0. The van der Waals surface area contributed by atoms with E-state index in [0.29, 0.717) is 0 Å². The Kier molecular flexibility index (Phi) is 7.64. The van der Waals surface area contributed by atoms with Crippen LogP contribution in [0.2, 0.25) is 19.6 Å². The molecule has 0 heterocycles. The van der Waals surface area contributed by atoms with Gasteiger partial charge in [-0.05, 0) is 10.0 Å². The van der Waals surface area contributed by atoms with Crippen molar-refractivity contribution < 1.29 is 0 Å². The summed E-state index contributed by atoms with van der Waals surface area (Å²) in [6.45, 7) is 4.65. The average Bonchev–Trinajstić information content (AvgIpc) is 1.12. The fourth-order valence-corrected chi connectivity index (χ4v) is 0. The molecule has 0 rings (SSSR count). The third kappa shape index (κ3) is 140. The number of hydrogen-bond acceptors (Lipinski definition) is 0. The summed E-state index contributed by atoms with van der Waals surface area (Å²) in [5.41, 5.74) is 0. The first-order valence-electron chi connectivity index (χ1n) is 4.00. The van der Waals surface area contributed by atoms with Crippen LogP contribution in [-0.4, -0.2) is 25.6 Å². The smallest absolute Gasteiger partial charge is 0.0135 e. The molecule has 0 aromatic rings. The van der Waals surface area contributed by atoms with Gasteiger partial charge >= 0.3 is 0 Å². The monoisotopic (exact) mass is 116 g/mol. The quantitative estimate of drug-likeness (QED) is 0.380. The second kappa shape index (κ2) is 25.4. The Labute approximate surface area is 46.3 Å². The van der Waals surface area contributed by atoms with Crippen molar-refractivity contribution >= 4 is 19.4 Å². The van der Waals surface area contributed by atoms with Crippen molar-refractivity contribution in [3.8, 4) is 0 Å². The van der Waals surface area contributed by atoms with Crippen molar-refractivity contribution in [2.24, 2.45) is 0 Å². The largest absolute Gasteiger partial charge is 0.0777 e. The predicted octanol–water partition coefficient (Wildman–Crippen LogP) is -0.349. The van der Waals surface area contributed by atoms with E-state index in [4.69, 9.17) is 6.17 Å². The fraction of sp³-hybridized carbons (Fsp3) is 1.00. The molecule has 0 unspecified atom stereocenters. The van der Waals surface area contributed by atoms with Gasteiger partial charge in [-0.3, -0.25) is 0 Å². The van der Waals surface area contributed by atoms with E-state index >= 15 is 0 Å². The standard InChI is InChI=1S/C2H8Si.CH6Si/c1-3-2;1-2/h3H2,1-2H3;1-2H3/i3T2;2T3. The average molecular weight is 116 g/mol. The van der Waals surface area contributed by atoms with Gasteiger partial charge in [0.1, 0.15) is 0 Å². The Morgan fingerprint density at radius 3 is 2.00 bits per heavy atom. The van der Waals surface area contributed by atoms with Crippen LogP contribution in [0.1, 0.15) is 0 Å². The zero-order valence-electron chi connectivity index (χ0n) is 9.00. The summed E-state index contributed by atoms with van der Waals surface area (Å²) in [6.07, 6.45) is 0. The van der Waals surface area contributed by atoms with E-state index in [1.165, 1.54) is 6.55 Å². The molecular weight excluding hydrogens is 92.2 g/mol. The van der Waals surface area contributed by atoms with Crippen LogP contribution >= 0.6 is 0 Å². The second-order valence-electron chi connectivity index (χ2n) is 0.500. The molecule has 0 amide bonds. The molecule has 0 nitrogen and oxygen atoms in total. The predicted molar refractivity (Wildman–Crippen MR) is 36.1 cm³/mol. The molecule has 0 saturated carbocycles. The Balaban J connectivity index is 0. The van der Waals surface area contributed by atoms with Gasteiger partial charge in [0.05, 0.1) is 0 Å². The van der Waals surface area contributed by atoms with Crippen LogP contribution in [0.25, 0.3) is 0 Å². The van der Waals surface area contributed by atoms with Crippen LogP contribution < -0.4 is 0 Å². The van der Waals surface area contributed by atoms with Crippen molar-refractivity contribution in [1.29, 1.82) is 6.17 Å². The van der Waals surface area contributed by atoms with Gasteiger partial charge in [0.2, 0.25) is 0 Å². The van der Waals surface area contributed by atoms with Gasteiger partial charge in [-0.1, -0.05) is 19.6 Å². The maximum Gasteiger partial charge on any atom is 0.0135 e. The molecule has 0 aliphatic rings. The third-order valence-corrected chi connectivity index (χ3v) is 0. The first kappa shape index (κ1) is 1.50. The van der Waals surface area contributed by atoms with E-state index in [0.717, 1.165) is 0 Å². The lowest BCUT2D eigenvalue weighted by atomic mass is 11.9. The minimum absolute atomic E-state index is 1.33. The topological polar surface area (TPSA) is 0 Å². The van der Waals surface area contributed by atoms with Crippen molar-refractivity contribution in [2.45, 2.75) is 19.6 Å². The van der Waals surface area contributed by atoms with Crippen LogP contribution in [0.4, 0.5) is 0 Å². The highest BCUT2D eigenvalue weighted by atomic mass is 28.2. The van der Waals surface area contributed by atoms with Gasteiger partial charge in [0.25, 0.3) is 0 Å². The van der Waals surface area contributed by atoms with Crippen LogP contribution in [0.3, 0.4) is 0 Å². The first-order chi connectivity index (χ1) is 4.00. The molecule has 0 bridgehead atoms. The summed E-state index contributed by atoms with van der Waals surface area (Å²) in [6, 6.07) is 0. The Bertz CT molecular complexity index is 57.9. The van der Waals surface area contributed by atoms with Crippen LogP contribution in [0.5, 0.6) is 0 Å². The van der Waals surface area contributed by atoms with E-state index in [1.54, 1.807) is 13.1 Å². The van der Waals surface area contributed by atoms with Crippen molar-refractivity contribution in [3.63, 3.8) is 0 Å². The molecule has 0 aromatic heterocycles. The highest BCUT2D eigenvalue weighted by Gasteiger charge is 1.38. The van der Waals surface area contributed by atoms with Gasteiger partial charge < -0.3 is 0 Å². The van der Waals surface area contributed by atoms with Gasteiger partial charge in [-0.15, -0.1) is 0 Å². The van der Waals surface area contributed by atoms with Gasteiger partial charge in [-0.25, -0.2) is 0 Å². The lowest BCUT2D eigenvalue weighted by Crippen LogP contribution is -1.53. The molecule has 0 aromatic carbocycles. The number of hydrogen-bond donors (Lipinski definition) is 0. The molecule has 0 aliphatic heterocycles. The van der Waals surface area contributed by atoms with Crippen LogP contribution in [0.15, 0.2) is 0 Å². The summed E-state index contributed by atoms with van der Waals surface area (Å²) in [5.74, 6) is 0. The molecule has 2 heteroatoms. The van der Waals surface area contributed by atoms with Crippen molar-refractivity contribution in [3.05, 3.63) is 0 Å². The highest BCUT2D eigenvalue weighted by Crippen LogP contribution is 1.36. The van der Waals surface area contributed by atoms with E-state index in [9.17, 15) is 0 Å². The Morgan fingerprint density at radius 1 is 2.00 bits per heavy atom. The normalized spacial score (nSPS) is 25.0. The van der Waals surface area contributed by atoms with E-state index < -0.39 is 19.4 Å². The Hall–Kier alpha value is 0.434. The van der Waals surface area contributed by atoms with Crippen LogP contribution in [-0.2, 0) is 0 Å². The number of rotatable bonds is 0. The molecule has 34 valence electrons. The molecule has 0 N–H and O–H groups in total. The molecule has 0 fully saturated rings. The van der Waals surface area contributed by atoms with Gasteiger partial charge in [0.15, 0.2) is 0 Å². The summed E-state index contributed by atoms with van der Waals surface area (Å²) in [4.78, 5) is 0. The maximum absolute atomic E-state index is 6.74. The van der Waals surface area contributed by atoms with Gasteiger partial charge in [0, 0.05) is 15.6 Å². The molecular formula is C3H14Si2. The third-order valence-electron chi connectivity index (χ3n) is 0. The van der Waals surface area contributed by atoms with E-state index in [1.807, 2.05) is 0 Å².